The van der Waals surface area contributed by atoms with Gasteiger partial charge in [-0.2, -0.15) is 0 Å². The zero-order valence-electron chi connectivity index (χ0n) is 22.4. The highest BCUT2D eigenvalue weighted by Gasteiger charge is 2.29. The van der Waals surface area contributed by atoms with Gasteiger partial charge in [0.1, 0.15) is 5.82 Å². The number of aliphatic hydroxyl groups excluding tert-OH is 1. The number of rotatable bonds is 7. The lowest BCUT2D eigenvalue weighted by Crippen LogP contribution is -2.53. The summed E-state index contributed by atoms with van der Waals surface area (Å²) < 4.78 is 15.4. The Morgan fingerprint density at radius 3 is 2.45 bits per heavy atom. The maximum atomic E-state index is 13.8. The molecule has 1 saturated heterocycles. The molecule has 204 valence electrons. The number of carbonyl (C=O) groups excluding carboxylic acids is 1. The van der Waals surface area contributed by atoms with Gasteiger partial charge in [-0.25, -0.2) is 4.39 Å². The van der Waals surface area contributed by atoms with E-state index in [4.69, 9.17) is 11.6 Å². The Morgan fingerprint density at radius 2 is 1.82 bits per heavy atom. The summed E-state index contributed by atoms with van der Waals surface area (Å²) in [6, 6.07) is 10.5. The van der Waals surface area contributed by atoms with E-state index < -0.39 is 18.0 Å². The summed E-state index contributed by atoms with van der Waals surface area (Å²) in [4.78, 5) is 32.1. The van der Waals surface area contributed by atoms with Crippen LogP contribution in [0, 0.1) is 5.82 Å². The number of amides is 1. The number of halogens is 2. The van der Waals surface area contributed by atoms with Crippen LogP contribution in [0.25, 0.3) is 10.8 Å². The van der Waals surface area contributed by atoms with Crippen molar-refractivity contribution in [3.8, 4) is 0 Å². The molecule has 38 heavy (non-hydrogen) atoms. The van der Waals surface area contributed by atoms with Gasteiger partial charge in [-0.15, -0.1) is 0 Å². The average molecular weight is 543 g/mol. The van der Waals surface area contributed by atoms with Crippen LogP contribution in [-0.2, 0) is 13.1 Å². The normalized spacial score (nSPS) is 16.1. The van der Waals surface area contributed by atoms with Crippen LogP contribution in [-0.4, -0.2) is 57.1 Å². The van der Waals surface area contributed by atoms with E-state index in [1.165, 1.54) is 24.3 Å². The van der Waals surface area contributed by atoms with Crippen LogP contribution in [0.4, 0.5) is 4.39 Å². The van der Waals surface area contributed by atoms with Gasteiger partial charge < -0.3 is 15.0 Å². The zero-order chi connectivity index (χ0) is 27.6. The van der Waals surface area contributed by atoms with Crippen LogP contribution in [0.5, 0.6) is 0 Å². The molecule has 2 heterocycles. The van der Waals surface area contributed by atoms with E-state index in [1.54, 1.807) is 22.8 Å². The van der Waals surface area contributed by atoms with Gasteiger partial charge >= 0.3 is 0 Å². The van der Waals surface area contributed by atoms with Crippen molar-refractivity contribution in [2.24, 2.45) is 0 Å². The maximum Gasteiger partial charge on any atom is 0.260 e. The molecule has 2 N–H and O–H groups in total. The predicted molar refractivity (Wildman–Crippen MR) is 149 cm³/mol. The number of hydrogen-bond acceptors (Lipinski definition) is 5. The number of pyridine rings is 1. The standard InChI is InChI=1S/C29H36ClFN4O3/c1-5-12-35-23(18-33-13-15-34(16-14-33)29(2,3)4)25(21-10-7-11-22(30)24(21)28(35)38)27(37)32-26(36)19-8-6-9-20(31)17-19/h6-11,17,26,36H,5,12-16,18H2,1-4H3,(H,32,37)/t26-/m0/s1. The van der Waals surface area contributed by atoms with Crippen LogP contribution in [0.15, 0.2) is 47.3 Å². The smallest absolute Gasteiger partial charge is 0.260 e. The van der Waals surface area contributed by atoms with E-state index in [2.05, 4.69) is 35.9 Å². The highest BCUT2D eigenvalue weighted by Crippen LogP contribution is 2.28. The molecule has 1 atom stereocenters. The number of nitrogens with one attached hydrogen (secondary N) is 1. The van der Waals surface area contributed by atoms with Crippen LogP contribution in [0.3, 0.4) is 0 Å². The van der Waals surface area contributed by atoms with Crippen molar-refractivity contribution in [3.05, 3.63) is 80.5 Å². The van der Waals surface area contributed by atoms with Gasteiger partial charge in [0.15, 0.2) is 6.23 Å². The SMILES string of the molecule is CCCn1c(CN2CCN(C(C)(C)C)CC2)c(C(=O)N[C@@H](O)c2cccc(F)c2)c2cccc(Cl)c2c1=O. The summed E-state index contributed by atoms with van der Waals surface area (Å²) in [6.45, 7) is 12.7. The lowest BCUT2D eigenvalue weighted by Gasteiger charge is -2.42. The first kappa shape index (κ1) is 28.2. The molecule has 7 nitrogen and oxygen atoms in total. The second kappa shape index (κ2) is 11.5. The quantitative estimate of drug-likeness (QED) is 0.429. The number of hydrogen-bond donors (Lipinski definition) is 2. The molecule has 0 radical (unpaired) electrons. The summed E-state index contributed by atoms with van der Waals surface area (Å²) in [7, 11) is 0. The number of aromatic nitrogens is 1. The second-order valence-electron chi connectivity index (χ2n) is 10.8. The van der Waals surface area contributed by atoms with Crippen molar-refractivity contribution in [1.29, 1.82) is 0 Å². The predicted octanol–water partition coefficient (Wildman–Crippen LogP) is 4.54. The van der Waals surface area contributed by atoms with E-state index >= 15 is 0 Å². The Hall–Kier alpha value is -2.78. The lowest BCUT2D eigenvalue weighted by molar-refractivity contribution is 0.0576. The fourth-order valence-corrected chi connectivity index (χ4v) is 5.38. The molecule has 0 unspecified atom stereocenters. The molecule has 1 fully saturated rings. The zero-order valence-corrected chi connectivity index (χ0v) is 23.2. The number of nitrogens with zero attached hydrogens (tertiary/aromatic N) is 3. The van der Waals surface area contributed by atoms with Gasteiger partial charge in [-0.3, -0.25) is 19.4 Å². The van der Waals surface area contributed by atoms with Crippen LogP contribution in [0.1, 0.15) is 62.0 Å². The van der Waals surface area contributed by atoms with E-state index in [0.29, 0.717) is 36.2 Å². The maximum absolute atomic E-state index is 13.8. The lowest BCUT2D eigenvalue weighted by atomic mass is 10.0. The average Bonchev–Trinajstić information content (AvgIpc) is 2.86. The van der Waals surface area contributed by atoms with Crippen molar-refractivity contribution < 1.29 is 14.3 Å². The van der Waals surface area contributed by atoms with E-state index in [1.807, 2.05) is 6.92 Å². The molecule has 2 aromatic carbocycles. The third kappa shape index (κ3) is 5.94. The Labute approximate surface area is 227 Å². The topological polar surface area (TPSA) is 77.8 Å². The Bertz CT molecular complexity index is 1380. The molecule has 0 bridgehead atoms. The minimum atomic E-state index is -1.43. The van der Waals surface area contributed by atoms with E-state index in [-0.39, 0.29) is 27.1 Å². The first-order valence-electron chi connectivity index (χ1n) is 13.1. The van der Waals surface area contributed by atoms with Crippen LogP contribution >= 0.6 is 11.6 Å². The number of carbonyl (C=O) groups is 1. The molecular weight excluding hydrogens is 507 g/mol. The Balaban J connectivity index is 1.78. The molecule has 1 amide bonds. The molecular formula is C29H36ClFN4O3. The Kier molecular flexibility index (Phi) is 8.57. The largest absolute Gasteiger partial charge is 0.369 e. The van der Waals surface area contributed by atoms with Crippen LogP contribution < -0.4 is 10.9 Å². The fourth-order valence-electron chi connectivity index (χ4n) is 5.12. The highest BCUT2D eigenvalue weighted by molar-refractivity contribution is 6.36. The minimum absolute atomic E-state index is 0.0637. The minimum Gasteiger partial charge on any atom is -0.369 e. The van der Waals surface area contributed by atoms with Gasteiger partial charge in [-0.1, -0.05) is 42.8 Å². The highest BCUT2D eigenvalue weighted by atomic mass is 35.5. The van der Waals surface area contributed by atoms with E-state index in [9.17, 15) is 19.1 Å². The summed E-state index contributed by atoms with van der Waals surface area (Å²) in [5.41, 5.74) is 0.929. The molecule has 0 aliphatic carbocycles. The third-order valence-corrected chi connectivity index (χ3v) is 7.47. The molecule has 9 heteroatoms. The summed E-state index contributed by atoms with van der Waals surface area (Å²) in [5, 5.41) is 14.3. The summed E-state index contributed by atoms with van der Waals surface area (Å²) >= 11 is 6.48. The molecule has 0 spiro atoms. The number of aliphatic hydroxyl groups is 1. The van der Waals surface area contributed by atoms with Crippen molar-refractivity contribution >= 4 is 28.3 Å². The van der Waals surface area contributed by atoms with Gasteiger partial charge in [0.25, 0.3) is 11.5 Å². The van der Waals surface area contributed by atoms with Crippen molar-refractivity contribution in [2.75, 3.05) is 26.2 Å². The molecule has 3 aromatic rings. The van der Waals surface area contributed by atoms with Gasteiger partial charge in [0.05, 0.1) is 16.0 Å². The molecule has 4 rings (SSSR count). The van der Waals surface area contributed by atoms with E-state index in [0.717, 1.165) is 26.2 Å². The number of fused-ring (bicyclic) bond motifs is 1. The first-order chi connectivity index (χ1) is 18.0. The van der Waals surface area contributed by atoms with Crippen molar-refractivity contribution in [2.45, 2.75) is 59.0 Å². The number of benzene rings is 2. The summed E-state index contributed by atoms with van der Waals surface area (Å²) in [6.07, 6.45) is -0.740. The number of piperazine rings is 1. The van der Waals surface area contributed by atoms with Crippen molar-refractivity contribution in [1.82, 2.24) is 19.7 Å². The van der Waals surface area contributed by atoms with Gasteiger partial charge in [-0.05, 0) is 45.4 Å². The van der Waals surface area contributed by atoms with Gasteiger partial charge in [0, 0.05) is 61.5 Å². The second-order valence-corrected chi connectivity index (χ2v) is 11.2. The monoisotopic (exact) mass is 542 g/mol. The van der Waals surface area contributed by atoms with Crippen molar-refractivity contribution in [3.63, 3.8) is 0 Å². The molecule has 1 aromatic heterocycles. The first-order valence-corrected chi connectivity index (χ1v) is 13.4. The molecule has 1 aliphatic heterocycles. The fraction of sp³-hybridized carbons (Fsp3) is 0.448. The third-order valence-electron chi connectivity index (χ3n) is 7.16. The summed E-state index contributed by atoms with van der Waals surface area (Å²) in [5.74, 6) is -1.07. The molecule has 0 saturated carbocycles. The van der Waals surface area contributed by atoms with Gasteiger partial charge in [0.2, 0.25) is 0 Å². The molecule has 1 aliphatic rings. The van der Waals surface area contributed by atoms with Crippen LogP contribution in [0.2, 0.25) is 5.02 Å². The Morgan fingerprint density at radius 1 is 1.13 bits per heavy atom.